The Morgan fingerprint density at radius 1 is 0.365 bits per heavy atom. The van der Waals surface area contributed by atoms with Crippen LogP contribution in [0.1, 0.15) is 72.5 Å². The van der Waals surface area contributed by atoms with E-state index in [9.17, 15) is 51.6 Å². The summed E-state index contributed by atoms with van der Waals surface area (Å²) in [5.41, 5.74) is -0.842. The van der Waals surface area contributed by atoms with Gasteiger partial charge in [0.25, 0.3) is 0 Å². The molecule has 0 spiro atoms. The summed E-state index contributed by atoms with van der Waals surface area (Å²) in [6, 6.07) is 56.7. The number of benzene rings is 8. The van der Waals surface area contributed by atoms with Crippen molar-refractivity contribution >= 4 is 58.2 Å². The van der Waals surface area contributed by atoms with Crippen LogP contribution in [0.2, 0.25) is 0 Å². The van der Waals surface area contributed by atoms with E-state index in [2.05, 4.69) is 4.18 Å². The third-order valence-electron chi connectivity index (χ3n) is 16.3. The predicted octanol–water partition coefficient (Wildman–Crippen LogP) is 7.24. The Bertz CT molecular complexity index is 4340. The number of ether oxygens (including phenoxy) is 15. The molecule has 0 aliphatic carbocycles. The van der Waals surface area contributed by atoms with Crippen molar-refractivity contribution in [3.05, 3.63) is 276 Å². The molecule has 3 fully saturated rings. The molecule has 0 saturated carbocycles. The smallest absolute Gasteiger partial charge is 0.339 e. The lowest BCUT2D eigenvalue weighted by Gasteiger charge is -2.50. The summed E-state index contributed by atoms with van der Waals surface area (Å²) in [5, 5.41) is 12.7. The number of esters is 8. The Morgan fingerprint density at radius 3 is 1.09 bits per heavy atom. The summed E-state index contributed by atoms with van der Waals surface area (Å²) >= 11 is 0. The topological polar surface area (TPSA) is 362 Å². The molecule has 11 rings (SSSR count). The third-order valence-corrected chi connectivity index (χ3v) is 16.7. The fraction of sp³-hybridized carbons (Fsp3) is 0.253. The molecule has 3 aliphatic rings. The van der Waals surface area contributed by atoms with E-state index < -0.39 is 163 Å². The lowest BCUT2D eigenvalue weighted by molar-refractivity contribution is -0.373. The Morgan fingerprint density at radius 2 is 0.692 bits per heavy atom. The molecule has 8 aromatic rings. The van der Waals surface area contributed by atoms with Crippen molar-refractivity contribution in [2.45, 2.75) is 92.1 Å². The molecule has 3 saturated heterocycles. The van der Waals surface area contributed by atoms with Gasteiger partial charge in [-0.25, -0.2) is 46.8 Å². The Balaban J connectivity index is 1.12. The Labute approximate surface area is 593 Å². The second-order valence-electron chi connectivity index (χ2n) is 23.1. The summed E-state index contributed by atoms with van der Waals surface area (Å²) in [7, 11) is -3.28. The highest BCUT2D eigenvalue weighted by Crippen LogP contribution is 2.40. The molecular weight excluding hydrogens is 1380 g/mol. The molecule has 8 aromatic carbocycles. The van der Waals surface area contributed by atoms with E-state index in [1.54, 1.807) is 42.5 Å². The van der Waals surface area contributed by atoms with Crippen LogP contribution in [0, 0.1) is 0 Å². The van der Waals surface area contributed by atoms with E-state index >= 15 is 4.79 Å². The third kappa shape index (κ3) is 18.7. The number of aliphatic hydroxyl groups excluding tert-OH is 1. The number of methoxy groups -OCH3 is 2. The molecule has 0 aromatic heterocycles. The zero-order chi connectivity index (χ0) is 73.3. The zero-order valence-corrected chi connectivity index (χ0v) is 55.8. The van der Waals surface area contributed by atoms with Gasteiger partial charge in [-0.3, -0.25) is 4.18 Å². The van der Waals surface area contributed by atoms with Crippen LogP contribution in [0.5, 0.6) is 11.5 Å². The van der Waals surface area contributed by atoms with Crippen LogP contribution in [0.25, 0.3) is 0 Å². The lowest BCUT2D eigenvalue weighted by atomic mass is 9.94. The predicted molar refractivity (Wildman–Crippen MR) is 354 cm³/mol. The van der Waals surface area contributed by atoms with E-state index in [0.29, 0.717) is 5.75 Å². The van der Waals surface area contributed by atoms with Gasteiger partial charge < -0.3 is 80.7 Å². The minimum absolute atomic E-state index is 0.0211. The highest BCUT2D eigenvalue weighted by Gasteiger charge is 2.61. The summed E-state index contributed by atoms with van der Waals surface area (Å²) < 4.78 is 135. The molecule has 15 atom stereocenters. The first-order chi connectivity index (χ1) is 50.3. The minimum atomic E-state index is -5.61. The average molecular weight is 1450 g/mol. The molecule has 0 amide bonds. The molecule has 3 heterocycles. The van der Waals surface area contributed by atoms with Gasteiger partial charge in [0.1, 0.15) is 48.6 Å². The molecule has 0 unspecified atom stereocenters. The minimum Gasteiger partial charge on any atom is -0.726 e. The Hall–Kier alpha value is -11.3. The van der Waals surface area contributed by atoms with E-state index in [1.807, 2.05) is 0 Å². The van der Waals surface area contributed by atoms with E-state index in [-0.39, 0.29) is 44.7 Å². The summed E-state index contributed by atoms with van der Waals surface area (Å²) in [4.78, 5) is 118. The Kier molecular flexibility index (Phi) is 24.6. The first-order valence-electron chi connectivity index (χ1n) is 32.1. The normalized spacial score (nSPS) is 24.3. The molecular formula is C75H65O28S-. The second kappa shape index (κ2) is 34.6. The van der Waals surface area contributed by atoms with Gasteiger partial charge in [-0.05, 0) is 109 Å². The van der Waals surface area contributed by atoms with Crippen LogP contribution in [-0.4, -0.2) is 185 Å². The van der Waals surface area contributed by atoms with Crippen molar-refractivity contribution in [3.8, 4) is 11.5 Å². The van der Waals surface area contributed by atoms with E-state index in [1.165, 1.54) is 201 Å². The molecule has 29 heteroatoms. The van der Waals surface area contributed by atoms with Crippen molar-refractivity contribution in [2.24, 2.45) is 0 Å². The first-order valence-corrected chi connectivity index (χ1v) is 33.4. The fourth-order valence-corrected chi connectivity index (χ4v) is 11.5. The van der Waals surface area contributed by atoms with Crippen molar-refractivity contribution in [2.75, 3.05) is 27.4 Å². The highest BCUT2D eigenvalue weighted by atomic mass is 32.3. The number of hydrogen-bond donors (Lipinski definition) is 1. The van der Waals surface area contributed by atoms with Crippen LogP contribution in [0.15, 0.2) is 237 Å². The van der Waals surface area contributed by atoms with Crippen LogP contribution in [-0.2, 0) is 81.0 Å². The highest BCUT2D eigenvalue weighted by molar-refractivity contribution is 7.80. The molecule has 104 heavy (non-hydrogen) atoms. The van der Waals surface area contributed by atoms with E-state index in [4.69, 9.17) is 71.1 Å². The van der Waals surface area contributed by atoms with Gasteiger partial charge >= 0.3 is 47.8 Å². The maximum Gasteiger partial charge on any atom is 0.339 e. The number of carbonyl (C=O) groups is 8. The maximum absolute atomic E-state index is 15.2. The van der Waals surface area contributed by atoms with Crippen molar-refractivity contribution in [1.82, 2.24) is 0 Å². The number of hydrogen-bond acceptors (Lipinski definition) is 28. The second-order valence-corrected chi connectivity index (χ2v) is 24.1. The number of carbonyl (C=O) groups excluding carboxylic acids is 8. The summed E-state index contributed by atoms with van der Waals surface area (Å²) in [6.07, 6.45) is -33.5. The summed E-state index contributed by atoms with van der Waals surface area (Å²) in [5.74, 6) is -9.11. The first kappa shape index (κ1) is 74.0. The molecule has 3 aliphatic heterocycles. The van der Waals surface area contributed by atoms with Gasteiger partial charge in [0.05, 0.1) is 59.8 Å². The van der Waals surface area contributed by atoms with Gasteiger partial charge in [0, 0.05) is 0 Å². The molecule has 1 N–H and O–H groups in total. The van der Waals surface area contributed by atoms with Gasteiger partial charge in [-0.1, -0.05) is 127 Å². The molecule has 0 bridgehead atoms. The van der Waals surface area contributed by atoms with Crippen molar-refractivity contribution < 1.29 is 132 Å². The van der Waals surface area contributed by atoms with Crippen LogP contribution in [0.4, 0.5) is 0 Å². The van der Waals surface area contributed by atoms with Crippen LogP contribution < -0.4 is 9.47 Å². The quantitative estimate of drug-likeness (QED) is 0.0241. The lowest BCUT2D eigenvalue weighted by Crippen LogP contribution is -2.69. The van der Waals surface area contributed by atoms with E-state index in [0.717, 1.165) is 7.11 Å². The van der Waals surface area contributed by atoms with Crippen molar-refractivity contribution in [1.29, 1.82) is 0 Å². The monoisotopic (exact) mass is 1450 g/mol. The van der Waals surface area contributed by atoms with Gasteiger partial charge in [0.2, 0.25) is 23.0 Å². The molecule has 540 valence electrons. The fourth-order valence-electron chi connectivity index (χ4n) is 11.2. The number of rotatable bonds is 26. The van der Waals surface area contributed by atoms with Crippen molar-refractivity contribution in [3.63, 3.8) is 0 Å². The molecule has 28 nitrogen and oxygen atoms in total. The molecule has 0 radical (unpaired) electrons. The SMILES string of the molecule is COC(=O)[C@H]1O[C@@H](O[C@H]2[C@@H](OC(=O)c3ccccc3)[C@@H](COC(=O)c3ccccc3)O[C@@H](O[C@H]3[C@@H](O)[C@@H](COS(=O)(=O)[O-])O[C@@H](Oc4ccc(OC)cc4)[C@@H]3OC(=O)c3ccccc3)[C@@H]2OC(=O)c2ccccc2)[C@H](OC(=O)c2ccccc2)[C@@H](OC(=O)c2ccccc2)[C@@H]1OC(=O)c1ccccc1. The number of aliphatic hydroxyl groups is 1. The van der Waals surface area contributed by atoms with Crippen LogP contribution in [0.3, 0.4) is 0 Å². The largest absolute Gasteiger partial charge is 0.726 e. The van der Waals surface area contributed by atoms with Gasteiger partial charge in [-0.15, -0.1) is 0 Å². The summed E-state index contributed by atoms with van der Waals surface area (Å²) in [6.45, 7) is -2.28. The zero-order valence-electron chi connectivity index (χ0n) is 55.0. The maximum atomic E-state index is 15.2. The average Bonchev–Trinajstić information content (AvgIpc) is 0.743. The van der Waals surface area contributed by atoms with Gasteiger partial charge in [-0.2, -0.15) is 0 Å². The van der Waals surface area contributed by atoms with Gasteiger partial charge in [0.15, 0.2) is 49.0 Å². The van der Waals surface area contributed by atoms with Crippen LogP contribution >= 0.6 is 0 Å². The standard InChI is InChI=1S/C75H66O28S/c1-88-51-38-40-52(41-39-51)92-73-62(98-69(81)48-32-18-7-19-33-48)57(55(76)53(93-73)43-91-104(85,86)87)101-74-63(99-70(82)49-34-20-8-21-35-49)58(56(95-66(78)45-26-12-4-13-27-45)54(94-74)42-90-65(77)44-24-10-3-11-25-44)102-75-64(100-71(83)50-36-22-9-23-37-50)60(97-68(80)47-30-16-6-17-31-47)59(61(103-75)72(84)89-2)96-67(79)46-28-14-5-15-29-46/h3-41,53-64,73-76H,42-43H2,1-2H3,(H,85,86,87)/p-1/t53-,54-,55+,56+,57+,58+,59+,60+,61+,62-,63-,64-,73-,74+,75-/m1/s1.